The number of nitrogens with zero attached hydrogens (tertiary/aromatic N) is 2. The molecule has 2 aliphatic rings. The Bertz CT molecular complexity index is 505. The molecule has 1 aliphatic heterocycles. The lowest BCUT2D eigenvalue weighted by atomic mass is 10.1. The second-order valence-electron chi connectivity index (χ2n) is 6.74. The lowest BCUT2D eigenvalue weighted by Gasteiger charge is -2.21. The van der Waals surface area contributed by atoms with Crippen LogP contribution in [0, 0.1) is 11.8 Å². The molecule has 4 nitrogen and oxygen atoms in total. The predicted octanol–water partition coefficient (Wildman–Crippen LogP) is 3.52. The largest absolute Gasteiger partial charge is 0.376 e. The summed E-state index contributed by atoms with van der Waals surface area (Å²) in [5.41, 5.74) is 1.25. The smallest absolute Gasteiger partial charge is 0.193 e. The van der Waals surface area contributed by atoms with Crippen molar-refractivity contribution in [2.75, 3.05) is 32.8 Å². The van der Waals surface area contributed by atoms with Gasteiger partial charge in [0.05, 0.1) is 13.2 Å². The second-order valence-corrected chi connectivity index (χ2v) is 6.74. The van der Waals surface area contributed by atoms with Crippen LogP contribution >= 0.6 is 24.0 Å². The van der Waals surface area contributed by atoms with E-state index in [4.69, 9.17) is 9.73 Å². The lowest BCUT2D eigenvalue weighted by molar-refractivity contribution is 0.0906. The maximum atomic E-state index is 5.91. The van der Waals surface area contributed by atoms with E-state index in [0.717, 1.165) is 44.7 Å². The summed E-state index contributed by atoms with van der Waals surface area (Å²) in [7, 11) is 0. The van der Waals surface area contributed by atoms with Gasteiger partial charge in [0.1, 0.15) is 0 Å². The normalized spacial score (nSPS) is 20.8. The van der Waals surface area contributed by atoms with Crippen LogP contribution in [-0.4, -0.2) is 43.6 Å². The molecule has 0 radical (unpaired) electrons. The first-order chi connectivity index (χ1) is 11.3. The number of hydrogen-bond donors (Lipinski definition) is 1. The van der Waals surface area contributed by atoms with Gasteiger partial charge in [-0.15, -0.1) is 24.0 Å². The maximum Gasteiger partial charge on any atom is 0.193 e. The third-order valence-corrected chi connectivity index (χ3v) is 4.58. The quantitative estimate of drug-likeness (QED) is 0.398. The van der Waals surface area contributed by atoms with Crippen LogP contribution in [0.25, 0.3) is 0 Å². The first-order valence-electron chi connectivity index (χ1n) is 9.00. The number of hydrogen-bond acceptors (Lipinski definition) is 2. The molecule has 1 aromatic rings. The minimum absolute atomic E-state index is 0. The number of likely N-dealkylation sites (tertiary alicyclic amines) is 1. The molecule has 1 saturated carbocycles. The van der Waals surface area contributed by atoms with E-state index in [2.05, 4.69) is 41.4 Å². The Labute approximate surface area is 163 Å². The van der Waals surface area contributed by atoms with Crippen molar-refractivity contribution in [3.8, 4) is 0 Å². The third kappa shape index (κ3) is 6.24. The number of aliphatic imine (C=N–C) groups is 1. The van der Waals surface area contributed by atoms with Gasteiger partial charge in [0.25, 0.3) is 0 Å². The summed E-state index contributed by atoms with van der Waals surface area (Å²) in [6.45, 7) is 7.79. The molecule has 1 N–H and O–H groups in total. The van der Waals surface area contributed by atoms with Crippen LogP contribution in [0.1, 0.15) is 31.7 Å². The van der Waals surface area contributed by atoms with Crippen molar-refractivity contribution in [2.45, 2.75) is 32.8 Å². The molecule has 2 fully saturated rings. The van der Waals surface area contributed by atoms with Crippen molar-refractivity contribution >= 4 is 29.9 Å². The first kappa shape index (κ1) is 19.5. The highest BCUT2D eigenvalue weighted by atomic mass is 127. The average molecular weight is 443 g/mol. The topological polar surface area (TPSA) is 36.9 Å². The molecular formula is C19H30IN3O. The van der Waals surface area contributed by atoms with Crippen LogP contribution in [0.5, 0.6) is 0 Å². The Kier molecular flexibility index (Phi) is 8.32. The van der Waals surface area contributed by atoms with E-state index in [9.17, 15) is 0 Å². The Morgan fingerprint density at radius 3 is 2.71 bits per heavy atom. The Hall–Kier alpha value is -0.820. The van der Waals surface area contributed by atoms with E-state index < -0.39 is 0 Å². The number of rotatable bonds is 7. The predicted molar refractivity (Wildman–Crippen MR) is 110 cm³/mol. The van der Waals surface area contributed by atoms with Crippen LogP contribution in [0.2, 0.25) is 0 Å². The monoisotopic (exact) mass is 443 g/mol. The highest BCUT2D eigenvalue weighted by Gasteiger charge is 2.26. The molecule has 0 spiro atoms. The minimum atomic E-state index is 0. The number of benzene rings is 1. The summed E-state index contributed by atoms with van der Waals surface area (Å²) in [5, 5.41) is 3.45. The van der Waals surface area contributed by atoms with Crippen molar-refractivity contribution in [2.24, 2.45) is 16.8 Å². The van der Waals surface area contributed by atoms with E-state index >= 15 is 0 Å². The standard InChI is InChI=1S/C19H29N3O.HI/c1-2-20-19(21-12-16-8-9-16)22-11-10-18(13-22)15-23-14-17-6-4-3-5-7-17;/h3-7,16,18H,2,8-15H2,1H3,(H,20,21);1H. The molecule has 1 saturated heterocycles. The molecule has 0 aromatic heterocycles. The van der Waals surface area contributed by atoms with Gasteiger partial charge in [-0.1, -0.05) is 30.3 Å². The molecule has 0 amide bonds. The summed E-state index contributed by atoms with van der Waals surface area (Å²) in [6, 6.07) is 10.4. The molecule has 3 rings (SSSR count). The van der Waals surface area contributed by atoms with Crippen molar-refractivity contribution in [3.63, 3.8) is 0 Å². The molecule has 5 heteroatoms. The van der Waals surface area contributed by atoms with Gasteiger partial charge in [-0.2, -0.15) is 0 Å². The molecule has 1 heterocycles. The molecule has 24 heavy (non-hydrogen) atoms. The van der Waals surface area contributed by atoms with Gasteiger partial charge < -0.3 is 15.0 Å². The molecule has 1 unspecified atom stereocenters. The number of nitrogens with one attached hydrogen (secondary N) is 1. The third-order valence-electron chi connectivity index (χ3n) is 4.58. The van der Waals surface area contributed by atoms with Crippen molar-refractivity contribution in [3.05, 3.63) is 35.9 Å². The lowest BCUT2D eigenvalue weighted by Crippen LogP contribution is -2.40. The van der Waals surface area contributed by atoms with Crippen LogP contribution in [-0.2, 0) is 11.3 Å². The SMILES string of the molecule is CCNC(=NCC1CC1)N1CCC(COCc2ccccc2)C1.I. The Morgan fingerprint density at radius 1 is 1.21 bits per heavy atom. The van der Waals surface area contributed by atoms with E-state index in [-0.39, 0.29) is 24.0 Å². The zero-order valence-electron chi connectivity index (χ0n) is 14.6. The van der Waals surface area contributed by atoms with E-state index in [1.54, 1.807) is 0 Å². The summed E-state index contributed by atoms with van der Waals surface area (Å²) in [6.07, 6.45) is 3.92. The van der Waals surface area contributed by atoms with Crippen molar-refractivity contribution in [1.82, 2.24) is 10.2 Å². The second kappa shape index (κ2) is 10.2. The molecule has 134 valence electrons. The molecule has 1 aliphatic carbocycles. The highest BCUT2D eigenvalue weighted by Crippen LogP contribution is 2.29. The van der Waals surface area contributed by atoms with Gasteiger partial charge in [0.15, 0.2) is 5.96 Å². The van der Waals surface area contributed by atoms with Gasteiger partial charge in [0.2, 0.25) is 0 Å². The van der Waals surface area contributed by atoms with Gasteiger partial charge in [-0.25, -0.2) is 0 Å². The van der Waals surface area contributed by atoms with Gasteiger partial charge in [-0.3, -0.25) is 4.99 Å². The first-order valence-corrected chi connectivity index (χ1v) is 9.00. The number of ether oxygens (including phenoxy) is 1. The summed E-state index contributed by atoms with van der Waals surface area (Å²) in [5.74, 6) is 2.56. The van der Waals surface area contributed by atoms with Crippen LogP contribution < -0.4 is 5.32 Å². The minimum Gasteiger partial charge on any atom is -0.376 e. The van der Waals surface area contributed by atoms with E-state index in [1.807, 2.05) is 6.07 Å². The average Bonchev–Trinajstić information content (AvgIpc) is 3.29. The molecule has 1 aromatic carbocycles. The van der Waals surface area contributed by atoms with Crippen LogP contribution in [0.4, 0.5) is 0 Å². The fraction of sp³-hybridized carbons (Fsp3) is 0.632. The van der Waals surface area contributed by atoms with E-state index in [0.29, 0.717) is 12.5 Å². The van der Waals surface area contributed by atoms with Crippen LogP contribution in [0.15, 0.2) is 35.3 Å². The fourth-order valence-electron chi connectivity index (χ4n) is 3.02. The molecule has 0 bridgehead atoms. The summed E-state index contributed by atoms with van der Waals surface area (Å²) >= 11 is 0. The van der Waals surface area contributed by atoms with Gasteiger partial charge in [0, 0.05) is 32.1 Å². The van der Waals surface area contributed by atoms with Crippen LogP contribution in [0.3, 0.4) is 0 Å². The zero-order chi connectivity index (χ0) is 15.9. The van der Waals surface area contributed by atoms with E-state index in [1.165, 1.54) is 24.8 Å². The maximum absolute atomic E-state index is 5.91. The fourth-order valence-corrected chi connectivity index (χ4v) is 3.02. The number of guanidine groups is 1. The summed E-state index contributed by atoms with van der Waals surface area (Å²) in [4.78, 5) is 7.22. The zero-order valence-corrected chi connectivity index (χ0v) is 16.9. The van der Waals surface area contributed by atoms with Crippen molar-refractivity contribution < 1.29 is 4.74 Å². The molecule has 1 atom stereocenters. The Balaban J connectivity index is 0.00000208. The molecular weight excluding hydrogens is 413 g/mol. The summed E-state index contributed by atoms with van der Waals surface area (Å²) < 4.78 is 5.91. The Morgan fingerprint density at radius 2 is 2.00 bits per heavy atom. The van der Waals surface area contributed by atoms with Gasteiger partial charge in [-0.05, 0) is 37.7 Å². The number of halogens is 1. The highest BCUT2D eigenvalue weighted by molar-refractivity contribution is 14.0. The van der Waals surface area contributed by atoms with Crippen molar-refractivity contribution in [1.29, 1.82) is 0 Å². The van der Waals surface area contributed by atoms with Gasteiger partial charge >= 0.3 is 0 Å².